The molecular formula is C15H26N2O2. The van der Waals surface area contributed by atoms with E-state index in [-0.39, 0.29) is 17.9 Å². The van der Waals surface area contributed by atoms with Crippen molar-refractivity contribution >= 4 is 11.8 Å². The van der Waals surface area contributed by atoms with Crippen LogP contribution in [0.4, 0.5) is 0 Å². The first-order valence-electron chi connectivity index (χ1n) is 7.79. The van der Waals surface area contributed by atoms with Crippen molar-refractivity contribution in [1.82, 2.24) is 10.2 Å². The molecule has 0 bridgehead atoms. The molecule has 0 aromatic heterocycles. The highest BCUT2D eigenvalue weighted by Gasteiger charge is 2.30. The monoisotopic (exact) mass is 266 g/mol. The van der Waals surface area contributed by atoms with Crippen LogP contribution in [-0.4, -0.2) is 35.8 Å². The van der Waals surface area contributed by atoms with E-state index >= 15 is 0 Å². The summed E-state index contributed by atoms with van der Waals surface area (Å²) < 4.78 is 0. The second-order valence-corrected chi connectivity index (χ2v) is 5.95. The van der Waals surface area contributed by atoms with Crippen molar-refractivity contribution in [1.29, 1.82) is 0 Å². The fourth-order valence-corrected chi connectivity index (χ4v) is 3.24. The largest absolute Gasteiger partial charge is 0.344 e. The van der Waals surface area contributed by atoms with Gasteiger partial charge in [0, 0.05) is 19.5 Å². The Bertz CT molecular complexity index is 324. The van der Waals surface area contributed by atoms with Crippen molar-refractivity contribution in [2.45, 2.75) is 64.3 Å². The standard InChI is InChI=1S/C15H26N2O2/c1-2-6-13-15(19)17(10-9-14(18)16-13)11-12-7-4-3-5-8-12/h12-13H,2-11H2,1H3,(H,16,18). The van der Waals surface area contributed by atoms with Crippen LogP contribution in [0, 0.1) is 5.92 Å². The first kappa shape index (κ1) is 14.4. The van der Waals surface area contributed by atoms with E-state index in [9.17, 15) is 9.59 Å². The molecule has 2 rings (SSSR count). The second-order valence-electron chi connectivity index (χ2n) is 5.95. The SMILES string of the molecule is CCCC1NC(=O)CCN(CC2CCCCC2)C1=O. The number of carbonyl (C=O) groups excluding carboxylic acids is 2. The van der Waals surface area contributed by atoms with Gasteiger partial charge in [-0.3, -0.25) is 9.59 Å². The summed E-state index contributed by atoms with van der Waals surface area (Å²) in [6.45, 7) is 3.51. The fourth-order valence-electron chi connectivity index (χ4n) is 3.24. The Kier molecular flexibility index (Phi) is 5.23. The van der Waals surface area contributed by atoms with Crippen LogP contribution in [0.3, 0.4) is 0 Å². The molecule has 2 aliphatic rings. The number of nitrogens with one attached hydrogen (secondary N) is 1. The van der Waals surface area contributed by atoms with Gasteiger partial charge >= 0.3 is 0 Å². The summed E-state index contributed by atoms with van der Waals surface area (Å²) in [6.07, 6.45) is 8.54. The molecule has 108 valence electrons. The zero-order valence-electron chi connectivity index (χ0n) is 12.0. The van der Waals surface area contributed by atoms with Crippen LogP contribution >= 0.6 is 0 Å². The molecule has 2 fully saturated rings. The molecule has 0 aromatic carbocycles. The molecule has 0 radical (unpaired) electrons. The van der Waals surface area contributed by atoms with Crippen LogP contribution in [-0.2, 0) is 9.59 Å². The lowest BCUT2D eigenvalue weighted by Gasteiger charge is -2.30. The van der Waals surface area contributed by atoms with Crippen molar-refractivity contribution in [2.24, 2.45) is 5.92 Å². The molecule has 4 heteroatoms. The van der Waals surface area contributed by atoms with Crippen LogP contribution in [0.25, 0.3) is 0 Å². The summed E-state index contributed by atoms with van der Waals surface area (Å²) in [5, 5.41) is 2.87. The molecule has 4 nitrogen and oxygen atoms in total. The van der Waals surface area contributed by atoms with Crippen LogP contribution < -0.4 is 5.32 Å². The van der Waals surface area contributed by atoms with Crippen LogP contribution in [0.15, 0.2) is 0 Å². The van der Waals surface area contributed by atoms with E-state index in [1.54, 1.807) is 0 Å². The van der Waals surface area contributed by atoms with Gasteiger partial charge in [-0.1, -0.05) is 32.6 Å². The predicted octanol–water partition coefficient (Wildman–Crippen LogP) is 2.08. The molecular weight excluding hydrogens is 240 g/mol. The normalized spacial score (nSPS) is 26.2. The van der Waals surface area contributed by atoms with Gasteiger partial charge in [0.05, 0.1) is 0 Å². The Morgan fingerprint density at radius 1 is 1.21 bits per heavy atom. The molecule has 1 saturated heterocycles. The molecule has 1 aliphatic carbocycles. The van der Waals surface area contributed by atoms with E-state index in [0.717, 1.165) is 19.4 Å². The summed E-state index contributed by atoms with van der Waals surface area (Å²) in [6, 6.07) is -0.288. The molecule has 19 heavy (non-hydrogen) atoms. The molecule has 0 spiro atoms. The number of hydrogen-bond donors (Lipinski definition) is 1. The Morgan fingerprint density at radius 3 is 2.63 bits per heavy atom. The summed E-state index contributed by atoms with van der Waals surface area (Å²) >= 11 is 0. The third-order valence-corrected chi connectivity index (χ3v) is 4.33. The Morgan fingerprint density at radius 2 is 1.95 bits per heavy atom. The molecule has 1 unspecified atom stereocenters. The highest BCUT2D eigenvalue weighted by atomic mass is 16.2. The van der Waals surface area contributed by atoms with Crippen molar-refractivity contribution in [3.05, 3.63) is 0 Å². The average Bonchev–Trinajstić information content (AvgIpc) is 2.54. The molecule has 1 N–H and O–H groups in total. The number of rotatable bonds is 4. The van der Waals surface area contributed by atoms with E-state index in [2.05, 4.69) is 12.2 Å². The lowest BCUT2D eigenvalue weighted by atomic mass is 9.89. The third kappa shape index (κ3) is 3.95. The Labute approximate surface area is 115 Å². The summed E-state index contributed by atoms with van der Waals surface area (Å²) in [7, 11) is 0. The van der Waals surface area contributed by atoms with Gasteiger partial charge in [-0.05, 0) is 25.2 Å². The lowest BCUT2D eigenvalue weighted by molar-refractivity contribution is -0.134. The number of nitrogens with zero attached hydrogens (tertiary/aromatic N) is 1. The second kappa shape index (κ2) is 6.92. The van der Waals surface area contributed by atoms with Gasteiger partial charge in [0.25, 0.3) is 0 Å². The Hall–Kier alpha value is -1.06. The van der Waals surface area contributed by atoms with E-state index in [4.69, 9.17) is 0 Å². The quantitative estimate of drug-likeness (QED) is 0.847. The van der Waals surface area contributed by atoms with E-state index in [0.29, 0.717) is 18.9 Å². The van der Waals surface area contributed by atoms with Gasteiger partial charge in [-0.15, -0.1) is 0 Å². The predicted molar refractivity (Wildman–Crippen MR) is 74.6 cm³/mol. The third-order valence-electron chi connectivity index (χ3n) is 4.33. The van der Waals surface area contributed by atoms with Gasteiger partial charge in [0.1, 0.15) is 6.04 Å². The summed E-state index contributed by atoms with van der Waals surface area (Å²) in [5.74, 6) is 0.810. The smallest absolute Gasteiger partial charge is 0.245 e. The molecule has 2 amide bonds. The number of hydrogen-bond acceptors (Lipinski definition) is 2. The van der Waals surface area contributed by atoms with Gasteiger partial charge in [0.2, 0.25) is 11.8 Å². The summed E-state index contributed by atoms with van der Waals surface area (Å²) in [5.41, 5.74) is 0. The van der Waals surface area contributed by atoms with Crippen molar-refractivity contribution in [3.8, 4) is 0 Å². The molecule has 1 atom stereocenters. The topological polar surface area (TPSA) is 49.4 Å². The van der Waals surface area contributed by atoms with E-state index < -0.39 is 0 Å². The van der Waals surface area contributed by atoms with E-state index in [1.165, 1.54) is 32.1 Å². The minimum atomic E-state index is -0.288. The lowest BCUT2D eigenvalue weighted by Crippen LogP contribution is -2.46. The Balaban J connectivity index is 1.96. The maximum Gasteiger partial charge on any atom is 0.245 e. The zero-order valence-corrected chi connectivity index (χ0v) is 12.0. The van der Waals surface area contributed by atoms with E-state index in [1.807, 2.05) is 4.90 Å². The van der Waals surface area contributed by atoms with Gasteiger partial charge in [-0.25, -0.2) is 0 Å². The van der Waals surface area contributed by atoms with Crippen LogP contribution in [0.1, 0.15) is 58.3 Å². The van der Waals surface area contributed by atoms with Gasteiger partial charge in [0.15, 0.2) is 0 Å². The fraction of sp³-hybridized carbons (Fsp3) is 0.867. The van der Waals surface area contributed by atoms with Crippen LogP contribution in [0.2, 0.25) is 0 Å². The van der Waals surface area contributed by atoms with Gasteiger partial charge in [-0.2, -0.15) is 0 Å². The maximum atomic E-state index is 12.5. The molecule has 1 aliphatic heterocycles. The highest BCUT2D eigenvalue weighted by molar-refractivity contribution is 5.89. The summed E-state index contributed by atoms with van der Waals surface area (Å²) in [4.78, 5) is 26.1. The molecule has 0 aromatic rings. The minimum Gasteiger partial charge on any atom is -0.344 e. The highest BCUT2D eigenvalue weighted by Crippen LogP contribution is 2.25. The number of amides is 2. The minimum absolute atomic E-state index is 0.0259. The molecule has 1 heterocycles. The van der Waals surface area contributed by atoms with Crippen LogP contribution in [0.5, 0.6) is 0 Å². The van der Waals surface area contributed by atoms with Crippen molar-refractivity contribution < 1.29 is 9.59 Å². The van der Waals surface area contributed by atoms with Crippen molar-refractivity contribution in [3.63, 3.8) is 0 Å². The maximum absolute atomic E-state index is 12.5. The zero-order chi connectivity index (χ0) is 13.7. The average molecular weight is 266 g/mol. The van der Waals surface area contributed by atoms with Crippen molar-refractivity contribution in [2.75, 3.05) is 13.1 Å². The van der Waals surface area contributed by atoms with Gasteiger partial charge < -0.3 is 10.2 Å². The molecule has 1 saturated carbocycles. The number of carbonyl (C=O) groups is 2. The first-order valence-corrected chi connectivity index (χ1v) is 7.79. The first-order chi connectivity index (χ1) is 9.20.